The molecule has 2 rings (SSSR count). The molecule has 6 heteroatoms. The Balaban J connectivity index is 1.89. The summed E-state index contributed by atoms with van der Waals surface area (Å²) in [6, 6.07) is 10.7. The van der Waals surface area contributed by atoms with Crippen LogP contribution < -0.4 is 10.2 Å². The van der Waals surface area contributed by atoms with Gasteiger partial charge in [0.05, 0.1) is 6.21 Å². The van der Waals surface area contributed by atoms with Gasteiger partial charge in [0.25, 0.3) is 5.91 Å². The highest BCUT2D eigenvalue weighted by atomic mass is 79.9. The lowest BCUT2D eigenvalue weighted by Crippen LogP contribution is -2.24. The van der Waals surface area contributed by atoms with Crippen LogP contribution in [0.3, 0.4) is 0 Å². The van der Waals surface area contributed by atoms with E-state index in [4.69, 9.17) is 4.74 Å². The number of hydrogen-bond donors (Lipinski definition) is 2. The molecule has 0 saturated heterocycles. The van der Waals surface area contributed by atoms with Gasteiger partial charge in [-0.2, -0.15) is 5.10 Å². The summed E-state index contributed by atoms with van der Waals surface area (Å²) in [6.07, 6.45) is 1.37. The highest BCUT2D eigenvalue weighted by Crippen LogP contribution is 2.20. The number of hydrogen-bond acceptors (Lipinski definition) is 4. The Morgan fingerprint density at radius 1 is 1.30 bits per heavy atom. The van der Waals surface area contributed by atoms with Gasteiger partial charge < -0.3 is 9.84 Å². The lowest BCUT2D eigenvalue weighted by molar-refractivity contribution is -0.123. The zero-order valence-electron chi connectivity index (χ0n) is 12.8. The minimum Gasteiger partial charge on any atom is -0.507 e. The molecule has 0 saturated carbocycles. The summed E-state index contributed by atoms with van der Waals surface area (Å²) in [5.74, 6) is 0.378. The minimum atomic E-state index is -0.378. The Kier molecular flexibility index (Phi) is 5.76. The van der Waals surface area contributed by atoms with Crippen LogP contribution in [0.5, 0.6) is 11.5 Å². The molecule has 1 amide bonds. The Hall–Kier alpha value is -2.34. The van der Waals surface area contributed by atoms with Gasteiger partial charge in [0.15, 0.2) is 6.61 Å². The number of nitrogens with zero attached hydrogens (tertiary/aromatic N) is 1. The lowest BCUT2D eigenvalue weighted by atomic mass is 10.1. The molecule has 0 aliphatic carbocycles. The number of phenolic OH excluding ortho intramolecular Hbond substituents is 1. The van der Waals surface area contributed by atoms with Crippen LogP contribution in [0, 0.1) is 13.8 Å². The van der Waals surface area contributed by atoms with E-state index >= 15 is 0 Å². The molecule has 0 spiro atoms. The van der Waals surface area contributed by atoms with E-state index in [1.54, 1.807) is 12.1 Å². The molecule has 2 N–H and O–H groups in total. The van der Waals surface area contributed by atoms with Crippen molar-refractivity contribution in [2.45, 2.75) is 13.8 Å². The van der Waals surface area contributed by atoms with Gasteiger partial charge in [-0.1, -0.05) is 28.1 Å². The van der Waals surface area contributed by atoms with Crippen molar-refractivity contribution < 1.29 is 14.6 Å². The standard InChI is InChI=1S/C17H17BrN2O3/c1-11-3-4-12(2)16(7-11)23-10-17(22)20-19-9-13-8-14(18)5-6-15(13)21/h3-9,21H,10H2,1-2H3,(H,20,22)/b19-9-. The third-order valence-electron chi connectivity index (χ3n) is 3.08. The first-order chi connectivity index (χ1) is 11.0. The predicted octanol–water partition coefficient (Wildman–Crippen LogP) is 3.30. The molecule has 23 heavy (non-hydrogen) atoms. The molecular weight excluding hydrogens is 360 g/mol. The average molecular weight is 377 g/mol. The fraction of sp³-hybridized carbons (Fsp3) is 0.176. The summed E-state index contributed by atoms with van der Waals surface area (Å²) in [7, 11) is 0. The Morgan fingerprint density at radius 2 is 2.09 bits per heavy atom. The normalized spacial score (nSPS) is 10.7. The highest BCUT2D eigenvalue weighted by molar-refractivity contribution is 9.10. The van der Waals surface area contributed by atoms with Gasteiger partial charge in [-0.3, -0.25) is 4.79 Å². The van der Waals surface area contributed by atoms with Gasteiger partial charge >= 0.3 is 0 Å². The van der Waals surface area contributed by atoms with E-state index < -0.39 is 0 Å². The minimum absolute atomic E-state index is 0.0813. The number of aromatic hydroxyl groups is 1. The first-order valence-electron chi connectivity index (χ1n) is 6.96. The molecule has 2 aromatic rings. The van der Waals surface area contributed by atoms with E-state index in [1.807, 2.05) is 32.0 Å². The molecule has 2 aromatic carbocycles. The summed E-state index contributed by atoms with van der Waals surface area (Å²) in [5, 5.41) is 13.5. The van der Waals surface area contributed by atoms with E-state index in [2.05, 4.69) is 26.5 Å². The van der Waals surface area contributed by atoms with Crippen molar-refractivity contribution in [3.63, 3.8) is 0 Å². The van der Waals surface area contributed by atoms with Gasteiger partial charge in [-0.05, 0) is 49.2 Å². The smallest absolute Gasteiger partial charge is 0.277 e. The summed E-state index contributed by atoms with van der Waals surface area (Å²) in [4.78, 5) is 11.7. The molecule has 0 aliphatic rings. The number of carbonyl (C=O) groups excluding carboxylic acids is 1. The Labute approximate surface area is 143 Å². The monoisotopic (exact) mass is 376 g/mol. The van der Waals surface area contributed by atoms with Crippen molar-refractivity contribution in [2.24, 2.45) is 5.10 Å². The number of aryl methyl sites for hydroxylation is 2. The summed E-state index contributed by atoms with van der Waals surface area (Å²) in [6.45, 7) is 3.74. The van der Waals surface area contributed by atoms with Crippen LogP contribution in [0.2, 0.25) is 0 Å². The van der Waals surface area contributed by atoms with Crippen LogP contribution in [-0.2, 0) is 4.79 Å². The van der Waals surface area contributed by atoms with Gasteiger partial charge in [0.1, 0.15) is 11.5 Å². The molecule has 0 unspecified atom stereocenters. The number of hydrazone groups is 1. The van der Waals surface area contributed by atoms with Crippen molar-refractivity contribution in [1.82, 2.24) is 5.43 Å². The maximum absolute atomic E-state index is 11.7. The third kappa shape index (κ3) is 5.10. The quantitative estimate of drug-likeness (QED) is 0.621. The van der Waals surface area contributed by atoms with Gasteiger partial charge in [-0.25, -0.2) is 5.43 Å². The summed E-state index contributed by atoms with van der Waals surface area (Å²) >= 11 is 3.30. The number of phenols is 1. The van der Waals surface area contributed by atoms with E-state index in [0.29, 0.717) is 11.3 Å². The number of rotatable bonds is 5. The molecular formula is C17H17BrN2O3. The van der Waals surface area contributed by atoms with Crippen molar-refractivity contribution in [3.05, 3.63) is 57.6 Å². The maximum Gasteiger partial charge on any atom is 0.277 e. The van der Waals surface area contributed by atoms with Gasteiger partial charge in [0.2, 0.25) is 0 Å². The SMILES string of the molecule is Cc1ccc(C)c(OCC(=O)N/N=C\c2cc(Br)ccc2O)c1. The molecule has 0 aromatic heterocycles. The Morgan fingerprint density at radius 3 is 2.87 bits per heavy atom. The molecule has 0 heterocycles. The fourth-order valence-electron chi connectivity index (χ4n) is 1.84. The van der Waals surface area contributed by atoms with Crippen LogP contribution in [0.1, 0.15) is 16.7 Å². The van der Waals surface area contributed by atoms with Crippen LogP contribution in [0.25, 0.3) is 0 Å². The molecule has 0 radical (unpaired) electrons. The lowest BCUT2D eigenvalue weighted by Gasteiger charge is -2.08. The number of carbonyl (C=O) groups is 1. The summed E-state index contributed by atoms with van der Waals surface area (Å²) < 4.78 is 6.29. The van der Waals surface area contributed by atoms with Crippen molar-refractivity contribution in [2.75, 3.05) is 6.61 Å². The number of ether oxygens (including phenoxy) is 1. The predicted molar refractivity (Wildman–Crippen MR) is 93.0 cm³/mol. The van der Waals surface area contributed by atoms with Crippen LogP contribution in [0.4, 0.5) is 0 Å². The van der Waals surface area contributed by atoms with Crippen molar-refractivity contribution >= 4 is 28.1 Å². The molecule has 0 aliphatic heterocycles. The second-order valence-electron chi connectivity index (χ2n) is 5.05. The third-order valence-corrected chi connectivity index (χ3v) is 3.58. The van der Waals surface area contributed by atoms with Crippen LogP contribution in [0.15, 0.2) is 46.0 Å². The van der Waals surface area contributed by atoms with E-state index in [-0.39, 0.29) is 18.3 Å². The largest absolute Gasteiger partial charge is 0.507 e. The van der Waals surface area contributed by atoms with Gasteiger partial charge in [-0.15, -0.1) is 0 Å². The first-order valence-corrected chi connectivity index (χ1v) is 7.75. The highest BCUT2D eigenvalue weighted by Gasteiger charge is 2.05. The molecule has 0 bridgehead atoms. The zero-order chi connectivity index (χ0) is 16.8. The number of amides is 1. The molecule has 0 fully saturated rings. The topological polar surface area (TPSA) is 70.9 Å². The first kappa shape index (κ1) is 17.0. The van der Waals surface area contributed by atoms with Crippen molar-refractivity contribution in [1.29, 1.82) is 0 Å². The molecule has 5 nitrogen and oxygen atoms in total. The second kappa shape index (κ2) is 7.78. The fourth-order valence-corrected chi connectivity index (χ4v) is 2.22. The average Bonchev–Trinajstić information content (AvgIpc) is 2.51. The van der Waals surface area contributed by atoms with E-state index in [0.717, 1.165) is 15.6 Å². The van der Waals surface area contributed by atoms with Crippen LogP contribution in [-0.4, -0.2) is 23.8 Å². The second-order valence-corrected chi connectivity index (χ2v) is 5.97. The van der Waals surface area contributed by atoms with Crippen LogP contribution >= 0.6 is 15.9 Å². The van der Waals surface area contributed by atoms with E-state index in [1.165, 1.54) is 12.3 Å². The van der Waals surface area contributed by atoms with Gasteiger partial charge in [0, 0.05) is 10.0 Å². The summed E-state index contributed by atoms with van der Waals surface area (Å²) in [5.41, 5.74) is 4.88. The Bertz CT molecular complexity index is 745. The van der Waals surface area contributed by atoms with E-state index in [9.17, 15) is 9.90 Å². The molecule has 120 valence electrons. The maximum atomic E-state index is 11.7. The number of nitrogens with one attached hydrogen (secondary N) is 1. The van der Waals surface area contributed by atoms with Crippen molar-refractivity contribution in [3.8, 4) is 11.5 Å². The number of halogens is 1. The molecule has 0 atom stereocenters. The number of benzene rings is 2. The zero-order valence-corrected chi connectivity index (χ0v) is 14.4.